The number of piperidine rings is 1. The van der Waals surface area contributed by atoms with Crippen molar-refractivity contribution in [3.05, 3.63) is 84.1 Å². The van der Waals surface area contributed by atoms with E-state index in [1.54, 1.807) is 24.3 Å². The molecule has 1 fully saturated rings. The van der Waals surface area contributed by atoms with Crippen LogP contribution in [0.3, 0.4) is 0 Å². The lowest BCUT2D eigenvalue weighted by Crippen LogP contribution is -2.39. The highest BCUT2D eigenvalue weighted by Crippen LogP contribution is 2.28. The number of amides is 1. The monoisotopic (exact) mass is 459 g/mol. The molecule has 1 saturated heterocycles. The van der Waals surface area contributed by atoms with Gasteiger partial charge in [0.1, 0.15) is 17.3 Å². The molecule has 4 aromatic rings. The first-order chi connectivity index (χ1) is 16.6. The lowest BCUT2D eigenvalue weighted by atomic mass is 9.98. The molecule has 0 bridgehead atoms. The number of nitrogens with zero attached hydrogens (tertiary/aromatic N) is 4. The Morgan fingerprint density at radius 1 is 1.12 bits per heavy atom. The SMILES string of the molecule is O=C(NCc1cn2ccccc2n1)c1ccc(-c2ccc(F)cc2)nc1N1CCCC(CO)C1. The van der Waals surface area contributed by atoms with Gasteiger partial charge in [0.05, 0.1) is 23.5 Å². The third-order valence-electron chi connectivity index (χ3n) is 6.18. The highest BCUT2D eigenvalue weighted by molar-refractivity contribution is 5.99. The Balaban J connectivity index is 1.43. The summed E-state index contributed by atoms with van der Waals surface area (Å²) in [6.45, 7) is 1.77. The predicted octanol–water partition coefficient (Wildman–Crippen LogP) is 3.67. The third kappa shape index (κ3) is 4.63. The quantitative estimate of drug-likeness (QED) is 0.460. The topological polar surface area (TPSA) is 82.8 Å². The molecule has 7 nitrogen and oxygen atoms in total. The van der Waals surface area contributed by atoms with E-state index in [1.807, 2.05) is 35.0 Å². The van der Waals surface area contributed by atoms with Crippen molar-refractivity contribution in [2.75, 3.05) is 24.6 Å². The average Bonchev–Trinajstić information content (AvgIpc) is 3.30. The van der Waals surface area contributed by atoms with Crippen molar-refractivity contribution < 1.29 is 14.3 Å². The number of aromatic nitrogens is 3. The van der Waals surface area contributed by atoms with Gasteiger partial charge in [-0.05, 0) is 67.3 Å². The number of halogens is 1. The maximum Gasteiger partial charge on any atom is 0.255 e. The fraction of sp³-hybridized carbons (Fsp3) is 0.269. The molecule has 0 radical (unpaired) electrons. The van der Waals surface area contributed by atoms with Crippen LogP contribution in [-0.4, -0.2) is 45.1 Å². The standard InChI is InChI=1S/C26H26FN5O2/c27-20-8-6-19(7-9-20)23-11-10-22(25(30-23)32-13-3-4-18(15-32)17-33)26(34)28-14-21-16-31-12-2-1-5-24(31)29-21/h1-2,5-12,16,18,33H,3-4,13-15,17H2,(H,28,34). The lowest BCUT2D eigenvalue weighted by molar-refractivity contribution is 0.0950. The molecule has 0 spiro atoms. The summed E-state index contributed by atoms with van der Waals surface area (Å²) in [5.41, 5.74) is 3.48. The van der Waals surface area contributed by atoms with Gasteiger partial charge in [-0.25, -0.2) is 14.4 Å². The zero-order valence-corrected chi connectivity index (χ0v) is 18.7. The van der Waals surface area contributed by atoms with Crippen molar-refractivity contribution in [2.24, 2.45) is 5.92 Å². The first kappa shape index (κ1) is 22.0. The molecule has 1 aliphatic rings. The molecule has 1 aromatic carbocycles. The average molecular weight is 460 g/mol. The van der Waals surface area contributed by atoms with Gasteiger partial charge in [-0.15, -0.1) is 0 Å². The number of imidazole rings is 1. The van der Waals surface area contributed by atoms with E-state index in [4.69, 9.17) is 4.98 Å². The molecule has 1 amide bonds. The van der Waals surface area contributed by atoms with E-state index in [2.05, 4.69) is 15.2 Å². The minimum atomic E-state index is -0.311. The Bertz CT molecular complexity index is 1270. The second-order valence-electron chi connectivity index (χ2n) is 8.59. The van der Waals surface area contributed by atoms with Crippen molar-refractivity contribution in [1.29, 1.82) is 0 Å². The fourth-order valence-corrected chi connectivity index (χ4v) is 4.39. The van der Waals surface area contributed by atoms with Crippen molar-refractivity contribution >= 4 is 17.4 Å². The largest absolute Gasteiger partial charge is 0.396 e. The number of pyridine rings is 2. The summed E-state index contributed by atoms with van der Waals surface area (Å²) in [5, 5.41) is 12.7. The number of carbonyl (C=O) groups excluding carboxylic acids is 1. The van der Waals surface area contributed by atoms with Crippen LogP contribution < -0.4 is 10.2 Å². The zero-order valence-electron chi connectivity index (χ0n) is 18.7. The summed E-state index contributed by atoms with van der Waals surface area (Å²) in [4.78, 5) is 24.6. The van der Waals surface area contributed by atoms with E-state index in [1.165, 1.54) is 12.1 Å². The molecule has 2 N–H and O–H groups in total. The minimum Gasteiger partial charge on any atom is -0.396 e. The Morgan fingerprint density at radius 2 is 1.97 bits per heavy atom. The van der Waals surface area contributed by atoms with Crippen molar-refractivity contribution in [2.45, 2.75) is 19.4 Å². The van der Waals surface area contributed by atoms with Crippen molar-refractivity contribution in [3.8, 4) is 11.3 Å². The Kier molecular flexibility index (Phi) is 6.22. The van der Waals surface area contributed by atoms with Gasteiger partial charge in [0.15, 0.2) is 0 Å². The van der Waals surface area contributed by atoms with Crippen LogP contribution in [0.1, 0.15) is 28.9 Å². The van der Waals surface area contributed by atoms with E-state index < -0.39 is 0 Å². The number of hydrogen-bond acceptors (Lipinski definition) is 5. The molecule has 1 aliphatic heterocycles. The van der Waals surface area contributed by atoms with E-state index >= 15 is 0 Å². The van der Waals surface area contributed by atoms with E-state index in [-0.39, 0.29) is 24.2 Å². The fourth-order valence-electron chi connectivity index (χ4n) is 4.39. The van der Waals surface area contributed by atoms with E-state index in [0.29, 0.717) is 30.2 Å². The molecule has 1 atom stereocenters. The third-order valence-corrected chi connectivity index (χ3v) is 6.18. The van der Waals surface area contributed by atoms with Gasteiger partial charge < -0.3 is 19.7 Å². The van der Waals surface area contributed by atoms with Gasteiger partial charge in [-0.1, -0.05) is 6.07 Å². The Hall–Kier alpha value is -3.78. The van der Waals surface area contributed by atoms with Crippen LogP contribution in [0.5, 0.6) is 0 Å². The highest BCUT2D eigenvalue weighted by atomic mass is 19.1. The maximum atomic E-state index is 13.4. The zero-order chi connectivity index (χ0) is 23.5. The smallest absolute Gasteiger partial charge is 0.255 e. The highest BCUT2D eigenvalue weighted by Gasteiger charge is 2.25. The Labute approximate surface area is 196 Å². The molecule has 1 unspecified atom stereocenters. The molecule has 0 aliphatic carbocycles. The number of aliphatic hydroxyl groups is 1. The molecule has 5 rings (SSSR count). The van der Waals surface area contributed by atoms with Gasteiger partial charge in [0, 0.05) is 37.7 Å². The second kappa shape index (κ2) is 9.61. The first-order valence-corrected chi connectivity index (χ1v) is 11.4. The van der Waals surface area contributed by atoms with Gasteiger partial charge in [0.2, 0.25) is 0 Å². The number of nitrogens with one attached hydrogen (secondary N) is 1. The van der Waals surface area contributed by atoms with Gasteiger partial charge >= 0.3 is 0 Å². The summed E-state index contributed by atoms with van der Waals surface area (Å²) in [5.74, 6) is 0.163. The van der Waals surface area contributed by atoms with Crippen LogP contribution in [0.2, 0.25) is 0 Å². The minimum absolute atomic E-state index is 0.101. The number of benzene rings is 1. The number of fused-ring (bicyclic) bond motifs is 1. The Morgan fingerprint density at radius 3 is 2.76 bits per heavy atom. The van der Waals surface area contributed by atoms with Gasteiger partial charge in [-0.3, -0.25) is 4.79 Å². The van der Waals surface area contributed by atoms with E-state index in [0.717, 1.165) is 36.3 Å². The molecule has 8 heteroatoms. The van der Waals surface area contributed by atoms with Crippen LogP contribution in [0.15, 0.2) is 67.0 Å². The number of hydrogen-bond donors (Lipinski definition) is 2. The van der Waals surface area contributed by atoms with Gasteiger partial charge in [-0.2, -0.15) is 0 Å². The number of rotatable bonds is 6. The molecule has 4 heterocycles. The van der Waals surface area contributed by atoms with Crippen LogP contribution in [0, 0.1) is 11.7 Å². The second-order valence-corrected chi connectivity index (χ2v) is 8.59. The van der Waals surface area contributed by atoms with Crippen LogP contribution in [0.4, 0.5) is 10.2 Å². The first-order valence-electron chi connectivity index (χ1n) is 11.4. The lowest BCUT2D eigenvalue weighted by Gasteiger charge is -2.34. The van der Waals surface area contributed by atoms with E-state index in [9.17, 15) is 14.3 Å². The predicted molar refractivity (Wildman–Crippen MR) is 128 cm³/mol. The van der Waals surface area contributed by atoms with Crippen LogP contribution in [-0.2, 0) is 6.54 Å². The number of anilines is 1. The summed E-state index contributed by atoms with van der Waals surface area (Å²) < 4.78 is 15.3. The summed E-state index contributed by atoms with van der Waals surface area (Å²) in [6.07, 6.45) is 5.66. The molecule has 34 heavy (non-hydrogen) atoms. The molecular formula is C26H26FN5O2. The normalized spacial score (nSPS) is 16.1. The van der Waals surface area contributed by atoms with Crippen LogP contribution in [0.25, 0.3) is 16.9 Å². The molecular weight excluding hydrogens is 433 g/mol. The summed E-state index contributed by atoms with van der Waals surface area (Å²) in [7, 11) is 0. The molecule has 0 saturated carbocycles. The molecule has 174 valence electrons. The molecule has 3 aromatic heterocycles. The van der Waals surface area contributed by atoms with Crippen molar-refractivity contribution in [3.63, 3.8) is 0 Å². The number of aliphatic hydroxyl groups excluding tert-OH is 1. The maximum absolute atomic E-state index is 13.4. The summed E-state index contributed by atoms with van der Waals surface area (Å²) >= 11 is 0. The summed E-state index contributed by atoms with van der Waals surface area (Å²) in [6, 6.07) is 15.5. The van der Waals surface area contributed by atoms with Crippen molar-refractivity contribution in [1.82, 2.24) is 19.7 Å². The number of carbonyl (C=O) groups is 1. The van der Waals surface area contributed by atoms with Crippen LogP contribution >= 0.6 is 0 Å². The van der Waals surface area contributed by atoms with Gasteiger partial charge in [0.25, 0.3) is 5.91 Å².